The van der Waals surface area contributed by atoms with Crippen molar-refractivity contribution in [3.05, 3.63) is 29.6 Å². The molecule has 1 aromatic rings. The molecule has 0 spiro atoms. The van der Waals surface area contributed by atoms with Crippen LogP contribution in [-0.2, 0) is 11.2 Å². The largest absolute Gasteiger partial charge is 0.481 e. The molecule has 0 unspecified atom stereocenters. The number of hydrogen-bond acceptors (Lipinski definition) is 2. The third-order valence-corrected chi connectivity index (χ3v) is 1.30. The fourth-order valence-electron chi connectivity index (χ4n) is 0.758. The van der Waals surface area contributed by atoms with E-state index in [4.69, 9.17) is 5.11 Å². The van der Waals surface area contributed by atoms with Crippen molar-refractivity contribution >= 4 is 57.4 Å². The van der Waals surface area contributed by atoms with Crippen molar-refractivity contribution in [2.75, 3.05) is 0 Å². The number of carbonyl (C=O) groups is 1. The Balaban J connectivity index is 0.00000121. The van der Waals surface area contributed by atoms with Crippen molar-refractivity contribution < 1.29 is 9.90 Å². The third kappa shape index (κ3) is 4.32. The van der Waals surface area contributed by atoms with Crippen LogP contribution in [0.5, 0.6) is 0 Å². The maximum Gasteiger partial charge on any atom is 0.309 e. The number of aliphatic carboxylic acids is 1. The van der Waals surface area contributed by atoms with Crippen molar-refractivity contribution in [2.45, 2.75) is 13.3 Å². The van der Waals surface area contributed by atoms with Gasteiger partial charge in [0.05, 0.1) is 12.1 Å². The van der Waals surface area contributed by atoms with Crippen LogP contribution < -0.4 is 0 Å². The van der Waals surface area contributed by atoms with Crippen molar-refractivity contribution in [2.24, 2.45) is 0 Å². The predicted octanol–water partition coefficient (Wildman–Crippen LogP) is 0.636. The summed E-state index contributed by atoms with van der Waals surface area (Å²) >= 11 is 0. The molecule has 0 atom stereocenters. The van der Waals surface area contributed by atoms with Gasteiger partial charge in [0.2, 0.25) is 0 Å². The van der Waals surface area contributed by atoms with Crippen LogP contribution in [-0.4, -0.2) is 67.4 Å². The van der Waals surface area contributed by atoms with E-state index in [-0.39, 0.29) is 57.8 Å². The van der Waals surface area contributed by atoms with Crippen LogP contribution in [0.25, 0.3) is 0 Å². The monoisotopic (exact) mass is 190 g/mol. The fourth-order valence-corrected chi connectivity index (χ4v) is 0.758. The van der Waals surface area contributed by atoms with Crippen molar-refractivity contribution in [3.63, 3.8) is 0 Å². The third-order valence-electron chi connectivity index (χ3n) is 1.30. The number of aromatic nitrogens is 1. The number of carboxylic acids is 1. The molecule has 1 radical (unpaired) electrons. The van der Waals surface area contributed by atoms with Gasteiger partial charge in [-0.1, -0.05) is 6.07 Å². The molecule has 0 aliphatic heterocycles. The van der Waals surface area contributed by atoms with Gasteiger partial charge in [-0.05, 0) is 18.6 Å². The van der Waals surface area contributed by atoms with Crippen LogP contribution in [0.1, 0.15) is 11.3 Å². The van der Waals surface area contributed by atoms with Crippen molar-refractivity contribution in [1.29, 1.82) is 0 Å². The van der Waals surface area contributed by atoms with E-state index in [9.17, 15) is 4.79 Å². The molecule has 1 heterocycles. The summed E-state index contributed by atoms with van der Waals surface area (Å²) in [6.07, 6.45) is 1.67. The van der Waals surface area contributed by atoms with Gasteiger partial charge in [-0.15, -0.1) is 0 Å². The van der Waals surface area contributed by atoms with E-state index >= 15 is 0 Å². The maximum absolute atomic E-state index is 10.2. The predicted molar refractivity (Wildman–Crippen MR) is 46.1 cm³/mol. The Morgan fingerprint density at radius 2 is 2.25 bits per heavy atom. The minimum Gasteiger partial charge on any atom is -0.481 e. The molecule has 0 saturated carbocycles. The normalized spacial score (nSPS) is 8.75. The van der Waals surface area contributed by atoms with Gasteiger partial charge >= 0.3 is 5.97 Å². The summed E-state index contributed by atoms with van der Waals surface area (Å²) in [5, 5.41) is 8.40. The Hall–Kier alpha value is 0.256. The van der Waals surface area contributed by atoms with Gasteiger partial charge in [-0.3, -0.25) is 9.78 Å². The first-order valence-electron chi connectivity index (χ1n) is 3.32. The minimum atomic E-state index is -0.846. The van der Waals surface area contributed by atoms with Crippen molar-refractivity contribution in [3.8, 4) is 0 Å². The van der Waals surface area contributed by atoms with E-state index in [1.165, 1.54) is 0 Å². The molecule has 0 amide bonds. The molecule has 12 heavy (non-hydrogen) atoms. The summed E-state index contributed by atoms with van der Waals surface area (Å²) in [6.45, 7) is 1.91. The quantitative estimate of drug-likeness (QED) is 0.696. The van der Waals surface area contributed by atoms with E-state index in [1.807, 2.05) is 13.0 Å². The van der Waals surface area contributed by atoms with Crippen LogP contribution in [0.3, 0.4) is 0 Å². The second-order valence-corrected chi connectivity index (χ2v) is 2.40. The zero-order valence-electron chi connectivity index (χ0n) is 7.24. The topological polar surface area (TPSA) is 50.2 Å². The number of hydrogen-bond donors (Lipinski definition) is 1. The molecule has 4 heteroatoms. The van der Waals surface area contributed by atoms with Gasteiger partial charge in [-0.2, -0.15) is 0 Å². The average molecular weight is 190 g/mol. The van der Waals surface area contributed by atoms with Gasteiger partial charge < -0.3 is 5.11 Å². The number of aryl methyl sites for hydroxylation is 1. The Kier molecular flexibility index (Phi) is 5.95. The molecule has 0 aliphatic rings. The van der Waals surface area contributed by atoms with E-state index in [2.05, 4.69) is 4.98 Å². The van der Waals surface area contributed by atoms with E-state index < -0.39 is 5.97 Å². The maximum atomic E-state index is 10.2. The molecule has 0 saturated heterocycles. The molecule has 0 bridgehead atoms. The zero-order valence-corrected chi connectivity index (χ0v) is 10.4. The second kappa shape index (κ2) is 5.83. The summed E-state index contributed by atoms with van der Waals surface area (Å²) < 4.78 is 0. The van der Waals surface area contributed by atoms with E-state index in [0.29, 0.717) is 5.69 Å². The second-order valence-electron chi connectivity index (χ2n) is 2.40. The van der Waals surface area contributed by atoms with Crippen LogP contribution in [0.4, 0.5) is 0 Å². The van der Waals surface area contributed by atoms with Crippen LogP contribution in [0.15, 0.2) is 18.3 Å². The first kappa shape index (κ1) is 12.3. The van der Waals surface area contributed by atoms with Crippen LogP contribution >= 0.6 is 0 Å². The SMILES string of the molecule is Cc1ccc(CC(=O)O)nc1.[K]. The number of pyridine rings is 1. The van der Waals surface area contributed by atoms with Crippen LogP contribution in [0, 0.1) is 6.92 Å². The minimum absolute atomic E-state index is 0. The molecular weight excluding hydrogens is 181 g/mol. The summed E-state index contributed by atoms with van der Waals surface area (Å²) in [6, 6.07) is 3.58. The van der Waals surface area contributed by atoms with Gasteiger partial charge in [0, 0.05) is 57.6 Å². The zero-order chi connectivity index (χ0) is 8.27. The molecule has 0 fully saturated rings. The molecule has 3 nitrogen and oxygen atoms in total. The summed E-state index contributed by atoms with van der Waals surface area (Å²) in [5.74, 6) is -0.846. The smallest absolute Gasteiger partial charge is 0.309 e. The first-order chi connectivity index (χ1) is 5.18. The van der Waals surface area contributed by atoms with Gasteiger partial charge in [0.25, 0.3) is 0 Å². The van der Waals surface area contributed by atoms with Crippen molar-refractivity contribution in [1.82, 2.24) is 4.98 Å². The number of nitrogens with zero attached hydrogens (tertiary/aromatic N) is 1. The van der Waals surface area contributed by atoms with Crippen LogP contribution in [0.2, 0.25) is 0 Å². The molecule has 0 aliphatic carbocycles. The average Bonchev–Trinajstić information content (AvgIpc) is 1.93. The molecular formula is C8H9KNO2. The number of rotatable bonds is 2. The standard InChI is InChI=1S/C8H9NO2.K/c1-6-2-3-7(9-5-6)4-8(10)11;/h2-3,5H,4H2,1H3,(H,10,11);. The Morgan fingerprint density at radius 1 is 1.58 bits per heavy atom. The Bertz CT molecular complexity index is 258. The van der Waals surface area contributed by atoms with Gasteiger partial charge in [0.15, 0.2) is 0 Å². The fraction of sp³-hybridized carbons (Fsp3) is 0.250. The first-order valence-corrected chi connectivity index (χ1v) is 3.32. The van der Waals surface area contributed by atoms with Gasteiger partial charge in [-0.25, -0.2) is 0 Å². The molecule has 1 aromatic heterocycles. The molecule has 0 aromatic carbocycles. The summed E-state index contributed by atoms with van der Waals surface area (Å²) in [4.78, 5) is 14.2. The summed E-state index contributed by atoms with van der Waals surface area (Å²) in [5.41, 5.74) is 1.64. The van der Waals surface area contributed by atoms with E-state index in [0.717, 1.165) is 5.56 Å². The summed E-state index contributed by atoms with van der Waals surface area (Å²) in [7, 11) is 0. The number of carboxylic acid groups (broad SMARTS) is 1. The Labute approximate surface area is 114 Å². The molecule has 1 rings (SSSR count). The molecule has 1 N–H and O–H groups in total. The molecule has 59 valence electrons. The Morgan fingerprint density at radius 3 is 2.67 bits per heavy atom. The van der Waals surface area contributed by atoms with E-state index in [1.54, 1.807) is 12.3 Å². The van der Waals surface area contributed by atoms with Gasteiger partial charge in [0.1, 0.15) is 0 Å².